The van der Waals surface area contributed by atoms with Gasteiger partial charge in [-0.05, 0) is 57.3 Å². The van der Waals surface area contributed by atoms with Gasteiger partial charge in [-0.3, -0.25) is 4.98 Å². The van der Waals surface area contributed by atoms with Crippen molar-refractivity contribution in [2.24, 2.45) is 17.8 Å². The molecule has 2 aromatic heterocycles. The van der Waals surface area contributed by atoms with E-state index in [1.807, 2.05) is 17.1 Å². The minimum Gasteiger partial charge on any atom is -0.384 e. The predicted molar refractivity (Wildman–Crippen MR) is 107 cm³/mol. The zero-order valence-corrected chi connectivity index (χ0v) is 17.2. The molecule has 29 heavy (non-hydrogen) atoms. The van der Waals surface area contributed by atoms with Crippen LogP contribution in [0.4, 0.5) is 5.82 Å². The Bertz CT molecular complexity index is 831. The van der Waals surface area contributed by atoms with E-state index in [0.717, 1.165) is 44.3 Å². The molecule has 3 heterocycles. The second kappa shape index (κ2) is 7.32. The van der Waals surface area contributed by atoms with Crippen molar-refractivity contribution in [2.75, 3.05) is 24.6 Å². The lowest BCUT2D eigenvalue weighted by Crippen LogP contribution is -2.38. The van der Waals surface area contributed by atoms with Gasteiger partial charge in [0, 0.05) is 32.1 Å². The van der Waals surface area contributed by atoms with E-state index in [9.17, 15) is 5.11 Å². The Kier molecular flexibility index (Phi) is 4.78. The summed E-state index contributed by atoms with van der Waals surface area (Å²) in [7, 11) is 0. The molecule has 8 heteroatoms. The van der Waals surface area contributed by atoms with Crippen molar-refractivity contribution in [2.45, 2.75) is 57.3 Å². The maximum Gasteiger partial charge on any atom is 0.147 e. The molecule has 0 bridgehead atoms. The number of anilines is 1. The molecule has 1 aliphatic heterocycles. The molecule has 156 valence electrons. The predicted octanol–water partition coefficient (Wildman–Crippen LogP) is 2.18. The summed E-state index contributed by atoms with van der Waals surface area (Å²) < 4.78 is 8.36. The molecule has 3 fully saturated rings. The first-order chi connectivity index (χ1) is 14.0. The smallest absolute Gasteiger partial charge is 0.147 e. The van der Waals surface area contributed by atoms with E-state index >= 15 is 0 Å². The monoisotopic (exact) mass is 398 g/mol. The van der Waals surface area contributed by atoms with Crippen LogP contribution in [-0.4, -0.2) is 55.9 Å². The molecule has 0 radical (unpaired) electrons. The summed E-state index contributed by atoms with van der Waals surface area (Å²) in [4.78, 5) is 11.1. The number of hydrogen-bond donors (Lipinski definition) is 1. The highest BCUT2D eigenvalue weighted by atomic mass is 16.5. The third kappa shape index (κ3) is 4.00. The average molecular weight is 399 g/mol. The van der Waals surface area contributed by atoms with E-state index in [0.29, 0.717) is 17.5 Å². The van der Waals surface area contributed by atoms with Crippen LogP contribution in [0.25, 0.3) is 0 Å². The van der Waals surface area contributed by atoms with Gasteiger partial charge in [0.1, 0.15) is 17.1 Å². The van der Waals surface area contributed by atoms with Gasteiger partial charge < -0.3 is 14.7 Å². The van der Waals surface area contributed by atoms with Gasteiger partial charge in [-0.15, -0.1) is 5.10 Å². The standard InChI is InChI=1S/C21H30N6O2/c1-21(2,28)19-12-27(25-24-19)17-7-15-10-26(20-9-22-5-6-23-20)11-16(15)8-18(17)29-13-14-3-4-14/h5-6,9,12,14-18,28H,3-4,7-8,10-11,13H2,1-2H3/t15-,16+,17-,18-/m1/s1. The van der Waals surface area contributed by atoms with Gasteiger partial charge in [-0.2, -0.15) is 0 Å². The molecule has 0 amide bonds. The topological polar surface area (TPSA) is 89.2 Å². The number of ether oxygens (including phenoxy) is 1. The zero-order valence-electron chi connectivity index (χ0n) is 17.2. The lowest BCUT2D eigenvalue weighted by Gasteiger charge is -2.37. The molecule has 5 rings (SSSR count). The quantitative estimate of drug-likeness (QED) is 0.798. The Hall–Kier alpha value is -2.06. The second-order valence-corrected chi connectivity index (χ2v) is 9.49. The molecule has 2 aliphatic carbocycles. The summed E-state index contributed by atoms with van der Waals surface area (Å²) in [6.07, 6.45) is 12.0. The van der Waals surface area contributed by atoms with Crippen molar-refractivity contribution in [1.29, 1.82) is 0 Å². The SMILES string of the molecule is CC(C)(O)c1cn([C@@H]2C[C@@H]3CN(c4cnccn4)C[C@@H]3C[C@H]2OCC2CC2)nn1. The fourth-order valence-electron chi connectivity index (χ4n) is 4.75. The van der Waals surface area contributed by atoms with E-state index in [-0.39, 0.29) is 12.1 Å². The van der Waals surface area contributed by atoms with Gasteiger partial charge in [0.2, 0.25) is 0 Å². The molecule has 2 aromatic rings. The first kappa shape index (κ1) is 18.9. The lowest BCUT2D eigenvalue weighted by molar-refractivity contribution is -0.0376. The summed E-state index contributed by atoms with van der Waals surface area (Å²) in [5.41, 5.74) is -0.385. The number of nitrogens with zero attached hydrogens (tertiary/aromatic N) is 6. The van der Waals surface area contributed by atoms with Crippen LogP contribution in [-0.2, 0) is 10.3 Å². The Morgan fingerprint density at radius 1 is 1.17 bits per heavy atom. The fourth-order valence-corrected chi connectivity index (χ4v) is 4.75. The summed E-state index contributed by atoms with van der Waals surface area (Å²) in [6, 6.07) is 0.153. The summed E-state index contributed by atoms with van der Waals surface area (Å²) >= 11 is 0. The van der Waals surface area contributed by atoms with Gasteiger partial charge in [0.05, 0.1) is 24.5 Å². The van der Waals surface area contributed by atoms with Crippen LogP contribution in [0.3, 0.4) is 0 Å². The normalized spacial score (nSPS) is 29.8. The van der Waals surface area contributed by atoms with E-state index in [2.05, 4.69) is 25.2 Å². The molecule has 3 aliphatic rings. The Labute approximate surface area is 171 Å². The average Bonchev–Trinajstić information content (AvgIpc) is 3.23. The molecule has 0 unspecified atom stereocenters. The number of hydrogen-bond acceptors (Lipinski definition) is 7. The van der Waals surface area contributed by atoms with E-state index in [1.54, 1.807) is 26.2 Å². The van der Waals surface area contributed by atoms with Crippen molar-refractivity contribution >= 4 is 5.82 Å². The maximum atomic E-state index is 10.3. The van der Waals surface area contributed by atoms with Crippen molar-refractivity contribution in [3.05, 3.63) is 30.5 Å². The number of aliphatic hydroxyl groups is 1. The van der Waals surface area contributed by atoms with E-state index in [4.69, 9.17) is 4.74 Å². The molecular weight excluding hydrogens is 368 g/mol. The van der Waals surface area contributed by atoms with Gasteiger partial charge in [-0.25, -0.2) is 9.67 Å². The first-order valence-corrected chi connectivity index (χ1v) is 10.7. The van der Waals surface area contributed by atoms with Gasteiger partial charge in [-0.1, -0.05) is 5.21 Å². The van der Waals surface area contributed by atoms with Crippen molar-refractivity contribution < 1.29 is 9.84 Å². The van der Waals surface area contributed by atoms with Crippen LogP contribution in [0.2, 0.25) is 0 Å². The summed E-state index contributed by atoms with van der Waals surface area (Å²) in [6.45, 7) is 6.33. The number of fused-ring (bicyclic) bond motifs is 1. The fraction of sp³-hybridized carbons (Fsp3) is 0.714. The first-order valence-electron chi connectivity index (χ1n) is 10.7. The van der Waals surface area contributed by atoms with Crippen LogP contribution in [0.15, 0.2) is 24.8 Å². The number of rotatable bonds is 6. The Morgan fingerprint density at radius 2 is 1.97 bits per heavy atom. The maximum absolute atomic E-state index is 10.3. The minimum atomic E-state index is -0.990. The molecule has 8 nitrogen and oxygen atoms in total. The molecular formula is C21H30N6O2. The van der Waals surface area contributed by atoms with Gasteiger partial charge in [0.25, 0.3) is 0 Å². The van der Waals surface area contributed by atoms with E-state index < -0.39 is 5.60 Å². The molecule has 2 saturated carbocycles. The van der Waals surface area contributed by atoms with Crippen LogP contribution >= 0.6 is 0 Å². The third-order valence-electron chi connectivity index (χ3n) is 6.68. The van der Waals surface area contributed by atoms with Crippen LogP contribution in [0, 0.1) is 17.8 Å². The highest BCUT2D eigenvalue weighted by Gasteiger charge is 2.44. The molecule has 1 saturated heterocycles. The third-order valence-corrected chi connectivity index (χ3v) is 6.68. The molecule has 4 atom stereocenters. The second-order valence-electron chi connectivity index (χ2n) is 9.49. The summed E-state index contributed by atoms with van der Waals surface area (Å²) in [5, 5.41) is 18.9. The molecule has 1 N–H and O–H groups in total. The Morgan fingerprint density at radius 3 is 2.62 bits per heavy atom. The van der Waals surface area contributed by atoms with Crippen molar-refractivity contribution in [3.8, 4) is 0 Å². The van der Waals surface area contributed by atoms with Gasteiger partial charge >= 0.3 is 0 Å². The molecule has 0 aromatic carbocycles. The molecule has 0 spiro atoms. The number of aromatic nitrogens is 5. The van der Waals surface area contributed by atoms with Crippen LogP contribution in [0.1, 0.15) is 51.3 Å². The zero-order chi connectivity index (χ0) is 20.0. The van der Waals surface area contributed by atoms with Crippen molar-refractivity contribution in [3.63, 3.8) is 0 Å². The van der Waals surface area contributed by atoms with Gasteiger partial charge in [0.15, 0.2) is 0 Å². The highest BCUT2D eigenvalue weighted by Crippen LogP contribution is 2.44. The Balaban J connectivity index is 1.35. The highest BCUT2D eigenvalue weighted by molar-refractivity contribution is 5.37. The van der Waals surface area contributed by atoms with Crippen LogP contribution in [0.5, 0.6) is 0 Å². The van der Waals surface area contributed by atoms with E-state index in [1.165, 1.54) is 12.8 Å². The summed E-state index contributed by atoms with van der Waals surface area (Å²) in [5.74, 6) is 2.85. The largest absolute Gasteiger partial charge is 0.384 e. The van der Waals surface area contributed by atoms with Crippen LogP contribution < -0.4 is 4.90 Å². The lowest BCUT2D eigenvalue weighted by atomic mass is 9.77. The van der Waals surface area contributed by atoms with Crippen molar-refractivity contribution in [1.82, 2.24) is 25.0 Å². The minimum absolute atomic E-state index is 0.134.